The SMILES string of the molecule is COc1ccc(OCC(COc2cccc(/C=C/c3ccc4ccc(Cl)cc4n3)c2)OCC2CC2)c(C(=O)O)c1. The number of carboxylic acid groups (broad SMARTS) is 1. The molecule has 0 spiro atoms. The summed E-state index contributed by atoms with van der Waals surface area (Å²) in [5, 5.41) is 11.3. The Hall–Kier alpha value is -4.07. The van der Waals surface area contributed by atoms with E-state index in [-0.39, 0.29) is 30.6 Å². The summed E-state index contributed by atoms with van der Waals surface area (Å²) in [6.45, 7) is 1.03. The van der Waals surface area contributed by atoms with Crippen LogP contribution in [0.2, 0.25) is 5.02 Å². The molecule has 4 aromatic rings. The fourth-order valence-electron chi connectivity index (χ4n) is 4.09. The molecule has 0 aliphatic heterocycles. The van der Waals surface area contributed by atoms with Crippen molar-refractivity contribution in [2.75, 3.05) is 26.9 Å². The number of halogens is 1. The lowest BCUT2D eigenvalue weighted by atomic mass is 10.1. The molecule has 0 radical (unpaired) electrons. The van der Waals surface area contributed by atoms with Crippen LogP contribution in [0.3, 0.4) is 0 Å². The first-order valence-electron chi connectivity index (χ1n) is 13.1. The van der Waals surface area contributed by atoms with Gasteiger partial charge in [-0.1, -0.05) is 41.9 Å². The molecule has 1 saturated carbocycles. The molecule has 40 heavy (non-hydrogen) atoms. The lowest BCUT2D eigenvalue weighted by Gasteiger charge is -2.20. The predicted octanol–water partition coefficient (Wildman–Crippen LogP) is 7.02. The molecule has 1 fully saturated rings. The van der Waals surface area contributed by atoms with Crippen LogP contribution >= 0.6 is 11.6 Å². The van der Waals surface area contributed by atoms with Gasteiger partial charge >= 0.3 is 5.97 Å². The highest BCUT2D eigenvalue weighted by molar-refractivity contribution is 6.31. The number of hydrogen-bond acceptors (Lipinski definition) is 6. The van der Waals surface area contributed by atoms with Crippen molar-refractivity contribution >= 4 is 40.6 Å². The van der Waals surface area contributed by atoms with Crippen molar-refractivity contribution in [3.63, 3.8) is 0 Å². The van der Waals surface area contributed by atoms with Crippen LogP contribution in [-0.2, 0) is 4.74 Å². The van der Waals surface area contributed by atoms with Crippen molar-refractivity contribution in [1.82, 2.24) is 4.98 Å². The minimum absolute atomic E-state index is 0.0321. The third-order valence-corrected chi connectivity index (χ3v) is 6.76. The van der Waals surface area contributed by atoms with Crippen LogP contribution in [0.5, 0.6) is 17.2 Å². The van der Waals surface area contributed by atoms with E-state index in [0.717, 1.165) is 35.0 Å². The molecule has 1 aliphatic rings. The maximum Gasteiger partial charge on any atom is 0.339 e. The molecule has 1 N–H and O–H groups in total. The largest absolute Gasteiger partial charge is 0.497 e. The highest BCUT2D eigenvalue weighted by Gasteiger charge is 2.24. The quantitative estimate of drug-likeness (QED) is 0.188. The fraction of sp³-hybridized carbons (Fsp3) is 0.250. The van der Waals surface area contributed by atoms with Crippen LogP contribution in [0, 0.1) is 5.92 Å². The number of nitrogens with zero attached hydrogens (tertiary/aromatic N) is 1. The Bertz CT molecular complexity index is 1520. The van der Waals surface area contributed by atoms with Gasteiger partial charge < -0.3 is 24.1 Å². The van der Waals surface area contributed by atoms with Gasteiger partial charge in [-0.05, 0) is 78.9 Å². The molecule has 8 heteroatoms. The van der Waals surface area contributed by atoms with E-state index in [0.29, 0.717) is 29.0 Å². The van der Waals surface area contributed by atoms with Crippen LogP contribution < -0.4 is 14.2 Å². The highest BCUT2D eigenvalue weighted by Crippen LogP contribution is 2.30. The molecular weight excluding hydrogens is 530 g/mol. The molecule has 1 aromatic heterocycles. The lowest BCUT2D eigenvalue weighted by Crippen LogP contribution is -2.29. The predicted molar refractivity (Wildman–Crippen MR) is 156 cm³/mol. The Balaban J connectivity index is 1.23. The molecule has 5 rings (SSSR count). The van der Waals surface area contributed by atoms with E-state index in [1.54, 1.807) is 12.1 Å². The number of methoxy groups -OCH3 is 1. The average Bonchev–Trinajstić information content (AvgIpc) is 3.80. The zero-order valence-corrected chi connectivity index (χ0v) is 22.8. The van der Waals surface area contributed by atoms with E-state index in [9.17, 15) is 9.90 Å². The van der Waals surface area contributed by atoms with Crippen LogP contribution in [0.25, 0.3) is 23.1 Å². The van der Waals surface area contributed by atoms with E-state index >= 15 is 0 Å². The van der Waals surface area contributed by atoms with E-state index in [4.69, 9.17) is 30.5 Å². The number of aromatic nitrogens is 1. The summed E-state index contributed by atoms with van der Waals surface area (Å²) in [6.07, 6.45) is 5.86. The number of carbonyl (C=O) groups is 1. The first kappa shape index (κ1) is 27.5. The first-order valence-corrected chi connectivity index (χ1v) is 13.5. The molecule has 206 valence electrons. The molecule has 7 nitrogen and oxygen atoms in total. The number of rotatable bonds is 13. The molecule has 1 unspecified atom stereocenters. The van der Waals surface area contributed by atoms with Crippen LogP contribution in [-0.4, -0.2) is 49.1 Å². The number of hydrogen-bond donors (Lipinski definition) is 1. The zero-order chi connectivity index (χ0) is 27.9. The number of carboxylic acids is 1. The average molecular weight is 560 g/mol. The Labute approximate surface area is 237 Å². The second kappa shape index (κ2) is 12.9. The number of benzene rings is 3. The second-order valence-corrected chi connectivity index (χ2v) is 10.1. The molecule has 0 amide bonds. The van der Waals surface area contributed by atoms with E-state index in [1.165, 1.54) is 13.2 Å². The third-order valence-electron chi connectivity index (χ3n) is 6.52. The van der Waals surface area contributed by atoms with E-state index in [1.807, 2.05) is 66.7 Å². The van der Waals surface area contributed by atoms with Crippen molar-refractivity contribution in [3.05, 3.63) is 94.6 Å². The highest BCUT2D eigenvalue weighted by atomic mass is 35.5. The minimum Gasteiger partial charge on any atom is -0.497 e. The molecule has 1 heterocycles. The minimum atomic E-state index is -1.09. The monoisotopic (exact) mass is 559 g/mol. The smallest absolute Gasteiger partial charge is 0.339 e. The van der Waals surface area contributed by atoms with Gasteiger partial charge in [0.25, 0.3) is 0 Å². The maximum atomic E-state index is 11.7. The number of fused-ring (bicyclic) bond motifs is 1. The first-order chi connectivity index (χ1) is 19.5. The standard InChI is InChI=1S/C32H30ClNO6/c1-37-26-13-14-31(29(17-26)32(35)36)40-20-28(38-18-22-5-6-22)19-39-27-4-2-3-21(15-27)7-11-25-12-9-23-8-10-24(33)16-30(23)34-25/h2-4,7-17,22,28H,5-6,18-20H2,1H3,(H,35,36)/b11-7+. The molecule has 0 bridgehead atoms. The van der Waals surface area contributed by atoms with Gasteiger partial charge in [0.1, 0.15) is 42.1 Å². The summed E-state index contributed by atoms with van der Waals surface area (Å²) in [6, 6.07) is 22.1. The summed E-state index contributed by atoms with van der Waals surface area (Å²) < 4.78 is 23.2. The Morgan fingerprint density at radius 1 is 1.00 bits per heavy atom. The van der Waals surface area contributed by atoms with Crippen molar-refractivity contribution < 1.29 is 28.8 Å². The van der Waals surface area contributed by atoms with Gasteiger partial charge in [0, 0.05) is 10.4 Å². The normalized spacial score (nSPS) is 13.8. The topological polar surface area (TPSA) is 87.1 Å². The van der Waals surface area contributed by atoms with E-state index in [2.05, 4.69) is 4.98 Å². The van der Waals surface area contributed by atoms with Gasteiger partial charge in [-0.3, -0.25) is 0 Å². The molecule has 3 aromatic carbocycles. The summed E-state index contributed by atoms with van der Waals surface area (Å²) in [5.41, 5.74) is 2.66. The molecule has 1 aliphatic carbocycles. The number of aromatic carboxylic acids is 1. The maximum absolute atomic E-state index is 11.7. The number of ether oxygens (including phenoxy) is 4. The van der Waals surface area contributed by atoms with Gasteiger partial charge in [0.05, 0.1) is 24.9 Å². The Morgan fingerprint density at radius 3 is 2.62 bits per heavy atom. The van der Waals surface area contributed by atoms with Crippen molar-refractivity contribution in [2.45, 2.75) is 18.9 Å². The molecule has 0 saturated heterocycles. The van der Waals surface area contributed by atoms with Crippen LogP contribution in [0.4, 0.5) is 0 Å². The van der Waals surface area contributed by atoms with Gasteiger partial charge in [-0.2, -0.15) is 0 Å². The summed E-state index contributed by atoms with van der Waals surface area (Å²) in [7, 11) is 1.49. The summed E-state index contributed by atoms with van der Waals surface area (Å²) >= 11 is 6.12. The fourth-order valence-corrected chi connectivity index (χ4v) is 4.26. The van der Waals surface area contributed by atoms with Crippen LogP contribution in [0.15, 0.2) is 72.8 Å². The number of pyridine rings is 1. The van der Waals surface area contributed by atoms with Gasteiger partial charge in [0.15, 0.2) is 0 Å². The van der Waals surface area contributed by atoms with Crippen molar-refractivity contribution in [1.29, 1.82) is 0 Å². The van der Waals surface area contributed by atoms with Gasteiger partial charge in [-0.15, -0.1) is 0 Å². The summed E-state index contributed by atoms with van der Waals surface area (Å²) in [5.74, 6) is 0.866. The van der Waals surface area contributed by atoms with Crippen molar-refractivity contribution in [3.8, 4) is 17.2 Å². The van der Waals surface area contributed by atoms with E-state index < -0.39 is 5.97 Å². The third kappa shape index (κ3) is 7.52. The summed E-state index contributed by atoms with van der Waals surface area (Å²) in [4.78, 5) is 16.4. The van der Waals surface area contributed by atoms with Gasteiger partial charge in [-0.25, -0.2) is 9.78 Å². The molecule has 1 atom stereocenters. The van der Waals surface area contributed by atoms with Gasteiger partial charge in [0.2, 0.25) is 0 Å². The zero-order valence-electron chi connectivity index (χ0n) is 22.1. The Kier molecular flexibility index (Phi) is 8.84. The van der Waals surface area contributed by atoms with Crippen molar-refractivity contribution in [2.24, 2.45) is 5.92 Å². The Morgan fingerprint density at radius 2 is 1.82 bits per heavy atom. The lowest BCUT2D eigenvalue weighted by molar-refractivity contribution is -0.0121. The molecular formula is C32H30ClNO6. The second-order valence-electron chi connectivity index (χ2n) is 9.67. The van der Waals surface area contributed by atoms with Crippen LogP contribution in [0.1, 0.15) is 34.5 Å².